The molecule has 3 rings (SSSR count). The highest BCUT2D eigenvalue weighted by molar-refractivity contribution is 5.94. The maximum atomic E-state index is 12.6. The second-order valence-electron chi connectivity index (χ2n) is 6.35. The van der Waals surface area contributed by atoms with Crippen LogP contribution in [0.4, 0.5) is 0 Å². The molecule has 1 unspecified atom stereocenters. The highest BCUT2D eigenvalue weighted by Gasteiger charge is 2.26. The summed E-state index contributed by atoms with van der Waals surface area (Å²) in [5.41, 5.74) is 3.83. The van der Waals surface area contributed by atoms with Gasteiger partial charge in [0.2, 0.25) is 0 Å². The van der Waals surface area contributed by atoms with E-state index in [2.05, 4.69) is 10.4 Å². The Morgan fingerprint density at radius 3 is 2.65 bits per heavy atom. The summed E-state index contributed by atoms with van der Waals surface area (Å²) in [6.07, 6.45) is 1.08. The molecule has 0 bridgehead atoms. The quantitative estimate of drug-likeness (QED) is 0.941. The van der Waals surface area contributed by atoms with Crippen molar-refractivity contribution in [3.63, 3.8) is 0 Å². The molecule has 0 saturated carbocycles. The van der Waals surface area contributed by atoms with Crippen LogP contribution in [-0.4, -0.2) is 47.3 Å². The highest BCUT2D eigenvalue weighted by Crippen LogP contribution is 2.19. The third-order valence-electron chi connectivity index (χ3n) is 4.43. The van der Waals surface area contributed by atoms with Crippen LogP contribution in [-0.2, 0) is 0 Å². The number of aromatic nitrogens is 2. The molecule has 1 N–H and O–H groups in total. The van der Waals surface area contributed by atoms with Crippen LogP contribution >= 0.6 is 0 Å². The van der Waals surface area contributed by atoms with Crippen molar-refractivity contribution in [3.05, 3.63) is 47.3 Å². The number of nitrogens with one attached hydrogen (secondary N) is 1. The minimum absolute atomic E-state index is 0.128. The standard InChI is InChI=1S/C18H24N4O/c1-13-10-14(2)22(20-13)17-6-4-16(5-7-17)18(23)21-9-8-15(12-21)11-19-3/h4-7,10,15,19H,8-9,11-12H2,1-3H3. The summed E-state index contributed by atoms with van der Waals surface area (Å²) < 4.78 is 1.91. The molecule has 2 aromatic rings. The SMILES string of the molecule is CNCC1CCN(C(=O)c2ccc(-n3nc(C)cc3C)cc2)C1. The van der Waals surface area contributed by atoms with Crippen molar-refractivity contribution in [2.45, 2.75) is 20.3 Å². The average molecular weight is 312 g/mol. The molecule has 1 saturated heterocycles. The van der Waals surface area contributed by atoms with Gasteiger partial charge in [-0.3, -0.25) is 4.79 Å². The van der Waals surface area contributed by atoms with Gasteiger partial charge in [-0.05, 0) is 70.1 Å². The van der Waals surface area contributed by atoms with Gasteiger partial charge in [0.15, 0.2) is 0 Å². The van der Waals surface area contributed by atoms with Crippen LogP contribution in [0.3, 0.4) is 0 Å². The Kier molecular flexibility index (Phi) is 4.48. The van der Waals surface area contributed by atoms with E-state index in [4.69, 9.17) is 0 Å². The van der Waals surface area contributed by atoms with Crippen molar-refractivity contribution in [2.75, 3.05) is 26.7 Å². The smallest absolute Gasteiger partial charge is 0.253 e. The fourth-order valence-corrected chi connectivity index (χ4v) is 3.29. The molecule has 23 heavy (non-hydrogen) atoms. The summed E-state index contributed by atoms with van der Waals surface area (Å²) in [6.45, 7) is 6.69. The molecule has 0 spiro atoms. The zero-order valence-electron chi connectivity index (χ0n) is 14.0. The van der Waals surface area contributed by atoms with Crippen LogP contribution in [0.1, 0.15) is 28.2 Å². The number of carbonyl (C=O) groups is 1. The molecule has 1 fully saturated rings. The van der Waals surface area contributed by atoms with E-state index >= 15 is 0 Å². The first-order valence-corrected chi connectivity index (χ1v) is 8.16. The first kappa shape index (κ1) is 15.7. The summed E-state index contributed by atoms with van der Waals surface area (Å²) in [7, 11) is 1.96. The average Bonchev–Trinajstić information content (AvgIpc) is 3.14. The predicted molar refractivity (Wildman–Crippen MR) is 91.0 cm³/mol. The number of amides is 1. The lowest BCUT2D eigenvalue weighted by molar-refractivity contribution is 0.0787. The monoisotopic (exact) mass is 312 g/mol. The second kappa shape index (κ2) is 6.54. The first-order valence-electron chi connectivity index (χ1n) is 8.16. The number of hydrogen-bond acceptors (Lipinski definition) is 3. The van der Waals surface area contributed by atoms with Gasteiger partial charge in [0.05, 0.1) is 11.4 Å². The molecular formula is C18H24N4O. The minimum atomic E-state index is 0.128. The van der Waals surface area contributed by atoms with Crippen molar-refractivity contribution in [1.82, 2.24) is 20.0 Å². The third kappa shape index (κ3) is 3.29. The van der Waals surface area contributed by atoms with E-state index < -0.39 is 0 Å². The summed E-state index contributed by atoms with van der Waals surface area (Å²) in [4.78, 5) is 14.6. The van der Waals surface area contributed by atoms with Gasteiger partial charge >= 0.3 is 0 Å². The van der Waals surface area contributed by atoms with Gasteiger partial charge in [-0.25, -0.2) is 4.68 Å². The van der Waals surface area contributed by atoms with Crippen LogP contribution in [0, 0.1) is 19.8 Å². The van der Waals surface area contributed by atoms with Gasteiger partial charge in [-0.1, -0.05) is 0 Å². The molecular weight excluding hydrogens is 288 g/mol. The molecule has 0 radical (unpaired) electrons. The van der Waals surface area contributed by atoms with Crippen molar-refractivity contribution >= 4 is 5.91 Å². The number of hydrogen-bond donors (Lipinski definition) is 1. The predicted octanol–water partition coefficient (Wildman–Crippen LogP) is 2.17. The van der Waals surface area contributed by atoms with Gasteiger partial charge in [0.25, 0.3) is 5.91 Å². The van der Waals surface area contributed by atoms with E-state index in [1.807, 2.05) is 60.8 Å². The number of aryl methyl sites for hydroxylation is 2. The van der Waals surface area contributed by atoms with E-state index in [-0.39, 0.29) is 5.91 Å². The summed E-state index contributed by atoms with van der Waals surface area (Å²) in [5, 5.41) is 7.67. The van der Waals surface area contributed by atoms with Gasteiger partial charge in [-0.2, -0.15) is 5.10 Å². The van der Waals surface area contributed by atoms with Gasteiger partial charge in [0.1, 0.15) is 0 Å². The van der Waals surface area contributed by atoms with Crippen LogP contribution in [0.5, 0.6) is 0 Å². The van der Waals surface area contributed by atoms with E-state index in [9.17, 15) is 4.79 Å². The van der Waals surface area contributed by atoms with Crippen molar-refractivity contribution in [2.24, 2.45) is 5.92 Å². The fourth-order valence-electron chi connectivity index (χ4n) is 3.29. The largest absolute Gasteiger partial charge is 0.338 e. The molecule has 5 nitrogen and oxygen atoms in total. The molecule has 1 aliphatic rings. The van der Waals surface area contributed by atoms with E-state index in [0.29, 0.717) is 5.92 Å². The molecule has 2 heterocycles. The number of nitrogens with zero attached hydrogens (tertiary/aromatic N) is 3. The lowest BCUT2D eigenvalue weighted by atomic mass is 10.1. The number of rotatable bonds is 4. The number of carbonyl (C=O) groups excluding carboxylic acids is 1. The maximum Gasteiger partial charge on any atom is 0.253 e. The minimum Gasteiger partial charge on any atom is -0.338 e. The molecule has 0 aliphatic carbocycles. The lowest BCUT2D eigenvalue weighted by Gasteiger charge is -2.17. The Morgan fingerprint density at radius 1 is 1.30 bits per heavy atom. The van der Waals surface area contributed by atoms with Crippen LogP contribution in [0.25, 0.3) is 5.69 Å². The fraction of sp³-hybridized carbons (Fsp3) is 0.444. The number of likely N-dealkylation sites (tertiary alicyclic amines) is 1. The number of benzene rings is 1. The van der Waals surface area contributed by atoms with Crippen LogP contribution in [0.15, 0.2) is 30.3 Å². The first-order chi connectivity index (χ1) is 11.1. The molecule has 1 aromatic heterocycles. The Bertz CT molecular complexity index is 690. The van der Waals surface area contributed by atoms with Gasteiger partial charge in [-0.15, -0.1) is 0 Å². The third-order valence-corrected chi connectivity index (χ3v) is 4.43. The van der Waals surface area contributed by atoms with Crippen molar-refractivity contribution in [1.29, 1.82) is 0 Å². The molecule has 1 amide bonds. The topological polar surface area (TPSA) is 50.2 Å². The van der Waals surface area contributed by atoms with Crippen molar-refractivity contribution < 1.29 is 4.79 Å². The van der Waals surface area contributed by atoms with Gasteiger partial charge in [0, 0.05) is 24.3 Å². The highest BCUT2D eigenvalue weighted by atomic mass is 16.2. The van der Waals surface area contributed by atoms with Gasteiger partial charge < -0.3 is 10.2 Å². The van der Waals surface area contributed by atoms with Crippen LogP contribution < -0.4 is 5.32 Å². The molecule has 122 valence electrons. The van der Waals surface area contributed by atoms with E-state index in [0.717, 1.165) is 48.7 Å². The summed E-state index contributed by atoms with van der Waals surface area (Å²) >= 11 is 0. The maximum absolute atomic E-state index is 12.6. The normalized spacial score (nSPS) is 17.7. The lowest BCUT2D eigenvalue weighted by Crippen LogP contribution is -2.30. The summed E-state index contributed by atoms with van der Waals surface area (Å²) in [5.74, 6) is 0.696. The Hall–Kier alpha value is -2.14. The second-order valence-corrected chi connectivity index (χ2v) is 6.35. The Balaban J connectivity index is 1.72. The van der Waals surface area contributed by atoms with E-state index in [1.54, 1.807) is 0 Å². The molecule has 1 aromatic carbocycles. The molecule has 1 atom stereocenters. The zero-order chi connectivity index (χ0) is 16.4. The Labute approximate surface area is 137 Å². The molecule has 5 heteroatoms. The van der Waals surface area contributed by atoms with E-state index in [1.165, 1.54) is 0 Å². The molecule has 1 aliphatic heterocycles. The Morgan fingerprint density at radius 2 is 2.04 bits per heavy atom. The zero-order valence-corrected chi connectivity index (χ0v) is 14.0. The van der Waals surface area contributed by atoms with Crippen LogP contribution in [0.2, 0.25) is 0 Å². The summed E-state index contributed by atoms with van der Waals surface area (Å²) in [6, 6.07) is 9.78. The van der Waals surface area contributed by atoms with Crippen molar-refractivity contribution in [3.8, 4) is 5.69 Å².